The van der Waals surface area contributed by atoms with E-state index in [2.05, 4.69) is 15.4 Å². The highest BCUT2D eigenvalue weighted by Gasteiger charge is 2.36. The molecule has 0 saturated carbocycles. The summed E-state index contributed by atoms with van der Waals surface area (Å²) in [7, 11) is 4.81. The summed E-state index contributed by atoms with van der Waals surface area (Å²) in [4.78, 5) is 5.89. The van der Waals surface area contributed by atoms with Crippen molar-refractivity contribution in [3.05, 3.63) is 52.3 Å². The van der Waals surface area contributed by atoms with Gasteiger partial charge in [-0.1, -0.05) is 29.8 Å². The number of benzene rings is 1. The van der Waals surface area contributed by atoms with Crippen LogP contribution in [0.25, 0.3) is 0 Å². The molecule has 1 heterocycles. The SMILES string of the molecule is CN=C(NCc1cn(C)nc1C(F)(F)F)N(C)Cc1ccccc1Cl. The molecule has 9 heteroatoms. The van der Waals surface area contributed by atoms with Crippen LogP contribution in [-0.4, -0.2) is 34.7 Å². The Hall–Kier alpha value is -2.22. The second kappa shape index (κ2) is 7.77. The Balaban J connectivity index is 2.07. The third-order valence-corrected chi connectivity index (χ3v) is 3.92. The van der Waals surface area contributed by atoms with Crippen LogP contribution in [0.3, 0.4) is 0 Å². The highest BCUT2D eigenvalue weighted by atomic mass is 35.5. The lowest BCUT2D eigenvalue weighted by Gasteiger charge is -2.22. The summed E-state index contributed by atoms with van der Waals surface area (Å²) in [6.07, 6.45) is -3.15. The number of alkyl halides is 3. The van der Waals surface area contributed by atoms with Gasteiger partial charge in [-0.2, -0.15) is 18.3 Å². The van der Waals surface area contributed by atoms with Gasteiger partial charge >= 0.3 is 6.18 Å². The van der Waals surface area contributed by atoms with Crippen molar-refractivity contribution in [2.24, 2.45) is 12.0 Å². The van der Waals surface area contributed by atoms with Crippen LogP contribution in [0.4, 0.5) is 13.2 Å². The molecular formula is C16H19ClF3N5. The number of nitrogens with one attached hydrogen (secondary N) is 1. The monoisotopic (exact) mass is 373 g/mol. The van der Waals surface area contributed by atoms with Crippen LogP contribution in [0.5, 0.6) is 0 Å². The first kappa shape index (κ1) is 19.1. The topological polar surface area (TPSA) is 45.5 Å². The number of halogens is 4. The lowest BCUT2D eigenvalue weighted by Crippen LogP contribution is -2.38. The number of aromatic nitrogens is 2. The highest BCUT2D eigenvalue weighted by Crippen LogP contribution is 2.30. The molecule has 0 bridgehead atoms. The van der Waals surface area contributed by atoms with Gasteiger partial charge in [0.15, 0.2) is 11.7 Å². The number of nitrogens with zero attached hydrogens (tertiary/aromatic N) is 4. The summed E-state index contributed by atoms with van der Waals surface area (Å²) < 4.78 is 40.1. The molecule has 1 N–H and O–H groups in total. The quantitative estimate of drug-likeness (QED) is 0.660. The summed E-state index contributed by atoms with van der Waals surface area (Å²) in [6, 6.07) is 7.37. The summed E-state index contributed by atoms with van der Waals surface area (Å²) in [5.74, 6) is 0.455. The van der Waals surface area contributed by atoms with Crippen molar-refractivity contribution in [2.75, 3.05) is 14.1 Å². The fourth-order valence-electron chi connectivity index (χ4n) is 2.42. The van der Waals surface area contributed by atoms with Crippen molar-refractivity contribution in [1.82, 2.24) is 20.0 Å². The molecule has 2 aromatic rings. The van der Waals surface area contributed by atoms with Gasteiger partial charge in [0, 0.05) is 51.0 Å². The number of aryl methyl sites for hydroxylation is 1. The van der Waals surface area contributed by atoms with Crippen LogP contribution in [-0.2, 0) is 26.3 Å². The summed E-state index contributed by atoms with van der Waals surface area (Å²) in [6.45, 7) is 0.431. The molecule has 0 aliphatic rings. The third kappa shape index (κ3) is 4.88. The highest BCUT2D eigenvalue weighted by molar-refractivity contribution is 6.31. The normalized spacial score (nSPS) is 12.4. The molecule has 0 spiro atoms. The molecule has 0 saturated heterocycles. The minimum Gasteiger partial charge on any atom is -0.352 e. The second-order valence-corrected chi connectivity index (χ2v) is 5.93. The maximum absolute atomic E-state index is 13.0. The smallest absolute Gasteiger partial charge is 0.352 e. The lowest BCUT2D eigenvalue weighted by molar-refractivity contribution is -0.142. The van der Waals surface area contributed by atoms with Crippen molar-refractivity contribution in [3.63, 3.8) is 0 Å². The zero-order valence-corrected chi connectivity index (χ0v) is 14.9. The van der Waals surface area contributed by atoms with Crippen LogP contribution in [0.1, 0.15) is 16.8 Å². The average Bonchev–Trinajstić information content (AvgIpc) is 2.91. The molecule has 0 aliphatic heterocycles. The molecule has 0 amide bonds. The molecule has 0 atom stereocenters. The van der Waals surface area contributed by atoms with Crippen LogP contribution >= 0.6 is 11.6 Å². The average molecular weight is 374 g/mol. The standard InChI is InChI=1S/C16H19ClF3N5/c1-21-15(24(2)9-11-6-4-5-7-13(11)17)22-8-12-10-25(3)23-14(12)16(18,19)20/h4-7,10H,8-9H2,1-3H3,(H,21,22). The first-order chi connectivity index (χ1) is 11.7. The molecule has 5 nitrogen and oxygen atoms in total. The minimum absolute atomic E-state index is 0.0395. The van der Waals surface area contributed by atoms with E-state index < -0.39 is 11.9 Å². The van der Waals surface area contributed by atoms with Gasteiger partial charge in [0.25, 0.3) is 0 Å². The number of hydrogen-bond donors (Lipinski definition) is 1. The van der Waals surface area contributed by atoms with Crippen LogP contribution < -0.4 is 5.32 Å². The molecule has 0 unspecified atom stereocenters. The van der Waals surface area contributed by atoms with Gasteiger partial charge in [-0.05, 0) is 11.6 Å². The maximum Gasteiger partial charge on any atom is 0.435 e. The fraction of sp³-hybridized carbons (Fsp3) is 0.375. The maximum atomic E-state index is 13.0. The van der Waals surface area contributed by atoms with E-state index in [1.165, 1.54) is 13.2 Å². The third-order valence-electron chi connectivity index (χ3n) is 3.55. The predicted molar refractivity (Wildman–Crippen MR) is 91.3 cm³/mol. The number of hydrogen-bond acceptors (Lipinski definition) is 2. The zero-order chi connectivity index (χ0) is 18.6. The number of guanidine groups is 1. The van der Waals surface area contributed by atoms with Gasteiger partial charge in [0.1, 0.15) is 0 Å². The first-order valence-corrected chi connectivity index (χ1v) is 7.85. The molecular weight excluding hydrogens is 355 g/mol. The Morgan fingerprint density at radius 1 is 1.32 bits per heavy atom. The minimum atomic E-state index is -4.49. The van der Waals surface area contributed by atoms with Crippen LogP contribution in [0, 0.1) is 0 Å². The van der Waals surface area contributed by atoms with Crippen molar-refractivity contribution in [2.45, 2.75) is 19.3 Å². The summed E-state index contributed by atoms with van der Waals surface area (Å²) in [5, 5.41) is 7.04. The molecule has 2 rings (SSSR count). The fourth-order valence-corrected chi connectivity index (χ4v) is 2.62. The van der Waals surface area contributed by atoms with E-state index in [9.17, 15) is 13.2 Å². The number of aliphatic imine (C=N–C) groups is 1. The predicted octanol–water partition coefficient (Wildman–Crippen LogP) is 3.30. The van der Waals surface area contributed by atoms with Gasteiger partial charge in [0.2, 0.25) is 0 Å². The van der Waals surface area contributed by atoms with E-state index >= 15 is 0 Å². The van der Waals surface area contributed by atoms with E-state index in [1.54, 1.807) is 25.1 Å². The van der Waals surface area contributed by atoms with Crippen molar-refractivity contribution in [3.8, 4) is 0 Å². The summed E-state index contributed by atoms with van der Waals surface area (Å²) >= 11 is 6.14. The van der Waals surface area contributed by atoms with Gasteiger partial charge in [-0.25, -0.2) is 0 Å². The van der Waals surface area contributed by atoms with E-state index in [0.717, 1.165) is 10.2 Å². The Labute approximate surface area is 149 Å². The zero-order valence-electron chi connectivity index (χ0n) is 14.1. The van der Waals surface area contributed by atoms with Crippen LogP contribution in [0.15, 0.2) is 35.5 Å². The van der Waals surface area contributed by atoms with E-state index in [4.69, 9.17) is 11.6 Å². The molecule has 0 aliphatic carbocycles. The molecule has 1 aromatic heterocycles. The van der Waals surface area contributed by atoms with E-state index in [-0.39, 0.29) is 12.1 Å². The van der Waals surface area contributed by atoms with Crippen LogP contribution in [0.2, 0.25) is 5.02 Å². The largest absolute Gasteiger partial charge is 0.435 e. The molecule has 25 heavy (non-hydrogen) atoms. The van der Waals surface area contributed by atoms with E-state index in [0.29, 0.717) is 17.5 Å². The Morgan fingerprint density at radius 2 is 2.00 bits per heavy atom. The Kier molecular flexibility index (Phi) is 5.94. The molecule has 0 radical (unpaired) electrons. The van der Waals surface area contributed by atoms with Gasteiger partial charge in [0.05, 0.1) is 0 Å². The van der Waals surface area contributed by atoms with Crippen molar-refractivity contribution in [1.29, 1.82) is 0 Å². The number of rotatable bonds is 4. The van der Waals surface area contributed by atoms with Gasteiger partial charge in [-0.15, -0.1) is 0 Å². The van der Waals surface area contributed by atoms with Gasteiger partial charge < -0.3 is 10.2 Å². The Bertz CT molecular complexity index is 754. The van der Waals surface area contributed by atoms with Gasteiger partial charge in [-0.3, -0.25) is 9.67 Å². The lowest BCUT2D eigenvalue weighted by atomic mass is 10.2. The summed E-state index contributed by atoms with van der Waals surface area (Å²) in [5.41, 5.74) is 0.0565. The molecule has 1 aromatic carbocycles. The van der Waals surface area contributed by atoms with E-state index in [1.807, 2.05) is 18.2 Å². The van der Waals surface area contributed by atoms with Crippen molar-refractivity contribution >= 4 is 17.6 Å². The molecule has 0 fully saturated rings. The molecule has 136 valence electrons. The second-order valence-electron chi connectivity index (χ2n) is 5.52. The van der Waals surface area contributed by atoms with Crippen molar-refractivity contribution < 1.29 is 13.2 Å². The first-order valence-electron chi connectivity index (χ1n) is 7.47. The Morgan fingerprint density at radius 3 is 2.60 bits per heavy atom.